The maximum atomic E-state index is 11.7. The van der Waals surface area contributed by atoms with E-state index in [2.05, 4.69) is 5.10 Å². The molecule has 0 saturated carbocycles. The molecule has 2 aromatic heterocycles. The number of rotatable bonds is 4. The maximum Gasteiger partial charge on any atom is 0.337 e. The molecule has 0 atom stereocenters. The molecule has 0 amide bonds. The number of carbonyl (C=O) groups is 1. The molecule has 0 spiro atoms. The van der Waals surface area contributed by atoms with Crippen LogP contribution in [-0.2, 0) is 13.1 Å². The normalized spacial score (nSPS) is 10.6. The van der Waals surface area contributed by atoms with Crippen molar-refractivity contribution in [3.63, 3.8) is 0 Å². The number of aryl methyl sites for hydroxylation is 2. The fraction of sp³-hybridized carbons (Fsp3) is 0.308. The lowest BCUT2D eigenvalue weighted by atomic mass is 10.3. The Labute approximate surface area is 109 Å². The predicted molar refractivity (Wildman–Crippen MR) is 69.4 cm³/mol. The summed E-state index contributed by atoms with van der Waals surface area (Å²) in [6.07, 6.45) is 1.35. The molecule has 1 N–H and O–H groups in total. The van der Waals surface area contributed by atoms with Crippen molar-refractivity contribution >= 4 is 5.97 Å². The van der Waals surface area contributed by atoms with Crippen LogP contribution in [0.2, 0.25) is 0 Å². The van der Waals surface area contributed by atoms with Crippen molar-refractivity contribution in [2.24, 2.45) is 0 Å². The van der Waals surface area contributed by atoms with Crippen LogP contribution in [0, 0.1) is 6.92 Å². The number of carboxylic acids is 1. The lowest BCUT2D eigenvalue weighted by Crippen LogP contribution is -2.22. The zero-order chi connectivity index (χ0) is 14.0. The van der Waals surface area contributed by atoms with Gasteiger partial charge in [0, 0.05) is 18.8 Å². The van der Waals surface area contributed by atoms with Gasteiger partial charge in [0.2, 0.25) is 0 Å². The van der Waals surface area contributed by atoms with Crippen LogP contribution in [0.4, 0.5) is 0 Å². The summed E-state index contributed by atoms with van der Waals surface area (Å²) < 4.78 is 3.18. The Morgan fingerprint density at radius 2 is 2.16 bits per heavy atom. The fourth-order valence-electron chi connectivity index (χ4n) is 1.96. The quantitative estimate of drug-likeness (QED) is 0.894. The lowest BCUT2D eigenvalue weighted by molar-refractivity contribution is 0.0696. The molecule has 2 heterocycles. The molecule has 0 unspecified atom stereocenters. The van der Waals surface area contributed by atoms with Gasteiger partial charge in [-0.15, -0.1) is 0 Å². The molecule has 0 aliphatic rings. The van der Waals surface area contributed by atoms with Crippen LogP contribution in [-0.4, -0.2) is 25.4 Å². The van der Waals surface area contributed by atoms with E-state index in [0.717, 1.165) is 11.4 Å². The van der Waals surface area contributed by atoms with Gasteiger partial charge >= 0.3 is 5.97 Å². The van der Waals surface area contributed by atoms with E-state index >= 15 is 0 Å². The Kier molecular flexibility index (Phi) is 3.50. The van der Waals surface area contributed by atoms with Gasteiger partial charge in [-0.25, -0.2) is 4.79 Å². The highest BCUT2D eigenvalue weighted by molar-refractivity contribution is 5.87. The first kappa shape index (κ1) is 13.1. The molecule has 19 heavy (non-hydrogen) atoms. The standard InChI is InChI=1S/C13H15N3O3/c1-3-16-11(6-9(2)14-16)8-15-7-10(13(18)19)4-5-12(15)17/h4-7H,3,8H2,1-2H3,(H,18,19). The van der Waals surface area contributed by atoms with E-state index in [4.69, 9.17) is 5.11 Å². The van der Waals surface area contributed by atoms with Gasteiger partial charge < -0.3 is 9.67 Å². The molecule has 2 rings (SSSR count). The lowest BCUT2D eigenvalue weighted by Gasteiger charge is -2.08. The van der Waals surface area contributed by atoms with Crippen molar-refractivity contribution in [1.82, 2.24) is 14.3 Å². The second-order valence-corrected chi connectivity index (χ2v) is 4.28. The van der Waals surface area contributed by atoms with Crippen molar-refractivity contribution in [3.8, 4) is 0 Å². The Hall–Kier alpha value is -2.37. The van der Waals surface area contributed by atoms with Crippen LogP contribution in [0.3, 0.4) is 0 Å². The number of hydrogen-bond donors (Lipinski definition) is 1. The highest BCUT2D eigenvalue weighted by atomic mass is 16.4. The summed E-state index contributed by atoms with van der Waals surface area (Å²) in [5, 5.41) is 13.2. The number of pyridine rings is 1. The molecule has 0 aliphatic carbocycles. The molecule has 6 heteroatoms. The molecule has 0 aliphatic heterocycles. The maximum absolute atomic E-state index is 11.7. The van der Waals surface area contributed by atoms with Gasteiger partial charge in [0.25, 0.3) is 5.56 Å². The molecule has 2 aromatic rings. The first-order valence-corrected chi connectivity index (χ1v) is 5.98. The van der Waals surface area contributed by atoms with Gasteiger partial charge in [-0.3, -0.25) is 9.48 Å². The molecule has 100 valence electrons. The van der Waals surface area contributed by atoms with E-state index < -0.39 is 5.97 Å². The Morgan fingerprint density at radius 1 is 1.42 bits per heavy atom. The molecule has 6 nitrogen and oxygen atoms in total. The van der Waals surface area contributed by atoms with E-state index in [1.807, 2.05) is 19.9 Å². The van der Waals surface area contributed by atoms with Crippen LogP contribution in [0.1, 0.15) is 28.7 Å². The van der Waals surface area contributed by atoms with Crippen molar-refractivity contribution in [2.75, 3.05) is 0 Å². The third-order valence-corrected chi connectivity index (χ3v) is 2.85. The summed E-state index contributed by atoms with van der Waals surface area (Å²) in [4.78, 5) is 22.7. The Bertz CT molecular complexity index is 670. The van der Waals surface area contributed by atoms with Crippen molar-refractivity contribution in [1.29, 1.82) is 0 Å². The fourth-order valence-corrected chi connectivity index (χ4v) is 1.96. The number of aromatic carboxylic acids is 1. The largest absolute Gasteiger partial charge is 0.478 e. The van der Waals surface area contributed by atoms with Gasteiger partial charge in [-0.2, -0.15) is 5.10 Å². The summed E-state index contributed by atoms with van der Waals surface area (Å²) in [5.41, 5.74) is 1.62. The number of hydrogen-bond acceptors (Lipinski definition) is 3. The Balaban J connectivity index is 2.39. The minimum absolute atomic E-state index is 0.0962. The molecule has 0 radical (unpaired) electrons. The highest BCUT2D eigenvalue weighted by Gasteiger charge is 2.09. The molecule has 0 saturated heterocycles. The second kappa shape index (κ2) is 5.09. The van der Waals surface area contributed by atoms with Gasteiger partial charge in [0.05, 0.1) is 23.5 Å². The topological polar surface area (TPSA) is 77.1 Å². The molecule has 0 bridgehead atoms. The average Bonchev–Trinajstić information content (AvgIpc) is 2.72. The molecule has 0 fully saturated rings. The van der Waals surface area contributed by atoms with E-state index in [-0.39, 0.29) is 11.1 Å². The summed E-state index contributed by atoms with van der Waals surface area (Å²) in [5.74, 6) is -1.05. The predicted octanol–water partition coefficient (Wildman–Crippen LogP) is 1.12. The van der Waals surface area contributed by atoms with Gasteiger partial charge in [-0.05, 0) is 26.0 Å². The minimum atomic E-state index is -1.05. The summed E-state index contributed by atoms with van der Waals surface area (Å²) in [6.45, 7) is 4.86. The van der Waals surface area contributed by atoms with E-state index in [1.54, 1.807) is 4.68 Å². The van der Waals surface area contributed by atoms with Gasteiger partial charge in [-0.1, -0.05) is 0 Å². The average molecular weight is 261 g/mol. The van der Waals surface area contributed by atoms with E-state index in [1.165, 1.54) is 22.9 Å². The number of aromatic nitrogens is 3. The molecular formula is C13H15N3O3. The van der Waals surface area contributed by atoms with Gasteiger partial charge in [0.1, 0.15) is 0 Å². The van der Waals surface area contributed by atoms with Crippen molar-refractivity contribution in [3.05, 3.63) is 51.7 Å². The van der Waals surface area contributed by atoms with Gasteiger partial charge in [0.15, 0.2) is 0 Å². The van der Waals surface area contributed by atoms with E-state index in [0.29, 0.717) is 13.1 Å². The minimum Gasteiger partial charge on any atom is -0.478 e. The SMILES string of the molecule is CCn1nc(C)cc1Cn1cc(C(=O)O)ccc1=O. The van der Waals surface area contributed by atoms with Crippen molar-refractivity contribution in [2.45, 2.75) is 26.9 Å². The van der Waals surface area contributed by atoms with Crippen LogP contribution >= 0.6 is 0 Å². The van der Waals surface area contributed by atoms with Crippen LogP contribution in [0.15, 0.2) is 29.2 Å². The van der Waals surface area contributed by atoms with Crippen LogP contribution in [0.25, 0.3) is 0 Å². The first-order valence-electron chi connectivity index (χ1n) is 5.98. The zero-order valence-electron chi connectivity index (χ0n) is 10.8. The third-order valence-electron chi connectivity index (χ3n) is 2.85. The van der Waals surface area contributed by atoms with E-state index in [9.17, 15) is 9.59 Å². The summed E-state index contributed by atoms with van der Waals surface area (Å²) >= 11 is 0. The number of carboxylic acid groups (broad SMARTS) is 1. The monoisotopic (exact) mass is 261 g/mol. The van der Waals surface area contributed by atoms with Crippen LogP contribution in [0.5, 0.6) is 0 Å². The summed E-state index contributed by atoms with van der Waals surface area (Å²) in [6, 6.07) is 4.47. The summed E-state index contributed by atoms with van der Waals surface area (Å²) in [7, 11) is 0. The molecular weight excluding hydrogens is 246 g/mol. The first-order chi connectivity index (χ1) is 9.01. The third kappa shape index (κ3) is 2.73. The second-order valence-electron chi connectivity index (χ2n) is 4.28. The number of nitrogens with zero attached hydrogens (tertiary/aromatic N) is 3. The zero-order valence-corrected chi connectivity index (χ0v) is 10.8. The Morgan fingerprint density at radius 3 is 2.79 bits per heavy atom. The molecule has 0 aromatic carbocycles. The highest BCUT2D eigenvalue weighted by Crippen LogP contribution is 2.06. The van der Waals surface area contributed by atoms with Crippen molar-refractivity contribution < 1.29 is 9.90 Å². The van der Waals surface area contributed by atoms with Crippen LogP contribution < -0.4 is 5.56 Å². The smallest absolute Gasteiger partial charge is 0.337 e.